The lowest BCUT2D eigenvalue weighted by Crippen LogP contribution is -2.35. The normalized spacial score (nSPS) is 12.8. The van der Waals surface area contributed by atoms with Crippen LogP contribution in [0.15, 0.2) is 83.3 Å². The fraction of sp³-hybridized carbons (Fsp3) is 0.172. The maximum atomic E-state index is 12.8. The highest BCUT2D eigenvalue weighted by Gasteiger charge is 2.24. The Morgan fingerprint density at radius 2 is 1.72 bits per heavy atom. The van der Waals surface area contributed by atoms with Gasteiger partial charge >= 0.3 is 0 Å². The topological polar surface area (TPSA) is 62.6 Å². The van der Waals surface area contributed by atoms with Crippen molar-refractivity contribution in [3.05, 3.63) is 111 Å². The molecule has 36 heavy (non-hydrogen) atoms. The molecule has 2 amide bonds. The molecular formula is C29H24Cl2N2O3. The Bertz CT molecular complexity index is 1400. The van der Waals surface area contributed by atoms with Crippen LogP contribution >= 0.6 is 23.2 Å². The lowest BCUT2D eigenvalue weighted by Gasteiger charge is -2.26. The highest BCUT2D eigenvalue weighted by molar-refractivity contribution is 6.37. The van der Waals surface area contributed by atoms with Gasteiger partial charge in [0, 0.05) is 47.8 Å². The average molecular weight is 519 g/mol. The average Bonchev–Trinajstić information content (AvgIpc) is 3.32. The molecule has 0 saturated heterocycles. The summed E-state index contributed by atoms with van der Waals surface area (Å²) in [5.74, 6) is 1.52. The van der Waals surface area contributed by atoms with Gasteiger partial charge in [-0.2, -0.15) is 0 Å². The first-order chi connectivity index (χ1) is 17.5. The van der Waals surface area contributed by atoms with Crippen LogP contribution in [0.2, 0.25) is 10.0 Å². The van der Waals surface area contributed by atoms with Crippen LogP contribution in [0.5, 0.6) is 0 Å². The van der Waals surface area contributed by atoms with Gasteiger partial charge in [-0.3, -0.25) is 9.59 Å². The van der Waals surface area contributed by atoms with E-state index in [1.807, 2.05) is 65.6 Å². The number of benzene rings is 3. The van der Waals surface area contributed by atoms with Crippen molar-refractivity contribution in [2.45, 2.75) is 25.8 Å². The zero-order valence-corrected chi connectivity index (χ0v) is 21.0. The van der Waals surface area contributed by atoms with E-state index in [-0.39, 0.29) is 11.8 Å². The van der Waals surface area contributed by atoms with Crippen LogP contribution in [0.4, 0.5) is 5.69 Å². The van der Waals surface area contributed by atoms with Crippen molar-refractivity contribution < 1.29 is 14.0 Å². The van der Waals surface area contributed by atoms with Crippen LogP contribution in [0.1, 0.15) is 33.7 Å². The molecule has 182 valence electrons. The molecule has 1 aliphatic heterocycles. The van der Waals surface area contributed by atoms with E-state index in [1.54, 1.807) is 12.1 Å². The summed E-state index contributed by atoms with van der Waals surface area (Å²) in [7, 11) is 0. The van der Waals surface area contributed by atoms with E-state index in [0.29, 0.717) is 47.2 Å². The fourth-order valence-electron chi connectivity index (χ4n) is 4.33. The molecule has 2 heterocycles. The van der Waals surface area contributed by atoms with Crippen molar-refractivity contribution >= 4 is 40.7 Å². The molecule has 1 N–H and O–H groups in total. The highest BCUT2D eigenvalue weighted by Crippen LogP contribution is 2.31. The summed E-state index contributed by atoms with van der Waals surface area (Å²) in [6, 6.07) is 24.3. The van der Waals surface area contributed by atoms with Gasteiger partial charge in [0.05, 0.1) is 10.6 Å². The molecule has 0 radical (unpaired) electrons. The van der Waals surface area contributed by atoms with Gasteiger partial charge in [0.1, 0.15) is 11.5 Å². The third-order valence-electron chi connectivity index (χ3n) is 6.29. The lowest BCUT2D eigenvalue weighted by atomic mass is 10.1. The van der Waals surface area contributed by atoms with Crippen LogP contribution in [0, 0.1) is 0 Å². The van der Waals surface area contributed by atoms with E-state index < -0.39 is 0 Å². The van der Waals surface area contributed by atoms with Crippen molar-refractivity contribution in [3.8, 4) is 11.3 Å². The summed E-state index contributed by atoms with van der Waals surface area (Å²) in [5, 5.41) is 3.62. The standard InChI is InChI=1S/C29H24Cl2N2O3/c30-22-9-12-24(25(31)17-22)29(35)32-23-10-7-20(8-11-23)27-16-21-18-33(15-14-26(21)36-27)28(34)13-6-19-4-2-1-3-5-19/h1-5,7-12,16-17H,6,13-15,18H2,(H,32,35). The maximum absolute atomic E-state index is 12.8. The van der Waals surface area contributed by atoms with E-state index in [4.69, 9.17) is 27.6 Å². The molecule has 0 spiro atoms. The molecule has 0 atom stereocenters. The second kappa shape index (κ2) is 10.6. The van der Waals surface area contributed by atoms with Crippen molar-refractivity contribution in [1.29, 1.82) is 0 Å². The molecule has 0 bridgehead atoms. The molecule has 1 aromatic heterocycles. The van der Waals surface area contributed by atoms with E-state index in [9.17, 15) is 9.59 Å². The number of rotatable bonds is 6. The predicted octanol–water partition coefficient (Wildman–Crippen LogP) is 7.02. The number of carbonyl (C=O) groups is 2. The minimum atomic E-state index is -0.310. The number of carbonyl (C=O) groups excluding carboxylic acids is 2. The van der Waals surface area contributed by atoms with Gasteiger partial charge < -0.3 is 14.6 Å². The minimum Gasteiger partial charge on any atom is -0.461 e. The molecule has 5 rings (SSSR count). The van der Waals surface area contributed by atoms with Gasteiger partial charge in [0.25, 0.3) is 5.91 Å². The van der Waals surface area contributed by atoms with E-state index in [2.05, 4.69) is 5.32 Å². The van der Waals surface area contributed by atoms with E-state index in [0.717, 1.165) is 29.1 Å². The summed E-state index contributed by atoms with van der Waals surface area (Å²) >= 11 is 12.1. The third kappa shape index (κ3) is 5.48. The molecule has 0 fully saturated rings. The number of nitrogens with one attached hydrogen (secondary N) is 1. The van der Waals surface area contributed by atoms with Gasteiger partial charge in [0.15, 0.2) is 0 Å². The Morgan fingerprint density at radius 1 is 0.944 bits per heavy atom. The van der Waals surface area contributed by atoms with Gasteiger partial charge in [0.2, 0.25) is 5.91 Å². The van der Waals surface area contributed by atoms with Gasteiger partial charge in [-0.25, -0.2) is 0 Å². The Morgan fingerprint density at radius 3 is 2.47 bits per heavy atom. The SMILES string of the molecule is O=C(Nc1ccc(-c2cc3c(o2)CCN(C(=O)CCc2ccccc2)C3)cc1)c1ccc(Cl)cc1Cl. The molecule has 0 saturated carbocycles. The van der Waals surface area contributed by atoms with Crippen molar-refractivity contribution in [3.63, 3.8) is 0 Å². The molecule has 7 heteroatoms. The van der Waals surface area contributed by atoms with Crippen molar-refractivity contribution in [2.24, 2.45) is 0 Å². The maximum Gasteiger partial charge on any atom is 0.257 e. The minimum absolute atomic E-state index is 0.160. The largest absolute Gasteiger partial charge is 0.461 e. The van der Waals surface area contributed by atoms with Crippen LogP contribution in [-0.2, 0) is 24.2 Å². The summed E-state index contributed by atoms with van der Waals surface area (Å²) in [6.07, 6.45) is 1.94. The van der Waals surface area contributed by atoms with Crippen LogP contribution in [0.25, 0.3) is 11.3 Å². The molecule has 1 aliphatic rings. The van der Waals surface area contributed by atoms with Crippen LogP contribution in [-0.4, -0.2) is 23.3 Å². The highest BCUT2D eigenvalue weighted by atomic mass is 35.5. The monoisotopic (exact) mass is 518 g/mol. The summed E-state index contributed by atoms with van der Waals surface area (Å²) in [4.78, 5) is 27.2. The third-order valence-corrected chi connectivity index (χ3v) is 6.84. The predicted molar refractivity (Wildman–Crippen MR) is 142 cm³/mol. The van der Waals surface area contributed by atoms with Crippen LogP contribution < -0.4 is 5.32 Å². The number of hydrogen-bond acceptors (Lipinski definition) is 3. The second-order valence-corrected chi connectivity index (χ2v) is 9.61. The number of hydrogen-bond donors (Lipinski definition) is 1. The Hall–Kier alpha value is -3.54. The zero-order valence-electron chi connectivity index (χ0n) is 19.5. The van der Waals surface area contributed by atoms with Crippen LogP contribution in [0.3, 0.4) is 0 Å². The molecule has 0 unspecified atom stereocenters. The van der Waals surface area contributed by atoms with Crippen molar-refractivity contribution in [2.75, 3.05) is 11.9 Å². The summed E-state index contributed by atoms with van der Waals surface area (Å²) in [6.45, 7) is 1.22. The summed E-state index contributed by atoms with van der Waals surface area (Å²) in [5.41, 5.74) is 4.10. The smallest absolute Gasteiger partial charge is 0.257 e. The quantitative estimate of drug-likeness (QED) is 0.298. The van der Waals surface area contributed by atoms with E-state index >= 15 is 0 Å². The van der Waals surface area contributed by atoms with E-state index in [1.165, 1.54) is 11.6 Å². The van der Waals surface area contributed by atoms with Gasteiger partial charge in [-0.05, 0) is 60.5 Å². The first-order valence-electron chi connectivity index (χ1n) is 11.8. The fourth-order valence-corrected chi connectivity index (χ4v) is 4.83. The molecule has 3 aromatic carbocycles. The first kappa shape index (κ1) is 24.2. The number of aryl methyl sites for hydroxylation is 1. The van der Waals surface area contributed by atoms with Gasteiger partial charge in [-0.1, -0.05) is 53.5 Å². The number of amides is 2. The second-order valence-electron chi connectivity index (χ2n) is 8.77. The van der Waals surface area contributed by atoms with Crippen molar-refractivity contribution in [1.82, 2.24) is 4.90 Å². The Labute approximate surface area is 219 Å². The Balaban J connectivity index is 1.21. The number of fused-ring (bicyclic) bond motifs is 1. The number of anilines is 1. The Kier molecular flexibility index (Phi) is 7.12. The molecule has 0 aliphatic carbocycles. The molecule has 5 nitrogen and oxygen atoms in total. The lowest BCUT2D eigenvalue weighted by molar-refractivity contribution is -0.132. The molecular weight excluding hydrogens is 495 g/mol. The number of halogens is 2. The zero-order chi connectivity index (χ0) is 25.1. The number of nitrogens with zero attached hydrogens (tertiary/aromatic N) is 1. The number of furan rings is 1. The summed E-state index contributed by atoms with van der Waals surface area (Å²) < 4.78 is 6.11. The first-order valence-corrected chi connectivity index (χ1v) is 12.5. The van der Waals surface area contributed by atoms with Gasteiger partial charge in [-0.15, -0.1) is 0 Å². The molecule has 4 aromatic rings.